The van der Waals surface area contributed by atoms with Gasteiger partial charge in [-0.3, -0.25) is 4.90 Å². The molecule has 1 aromatic carbocycles. The maximum absolute atomic E-state index is 12.3. The number of ether oxygens (including phenoxy) is 1. The van der Waals surface area contributed by atoms with Gasteiger partial charge in [0.05, 0.1) is 12.7 Å². The van der Waals surface area contributed by atoms with Crippen LogP contribution < -0.4 is 5.73 Å². The Morgan fingerprint density at radius 3 is 2.57 bits per heavy atom. The van der Waals surface area contributed by atoms with Crippen molar-refractivity contribution >= 4 is 11.8 Å². The molecular weight excluding hydrogens is 301 g/mol. The Balaban J connectivity index is 2.08. The molecule has 0 aliphatic carbocycles. The van der Waals surface area contributed by atoms with Gasteiger partial charge in [-0.05, 0) is 36.4 Å². The van der Waals surface area contributed by atoms with Gasteiger partial charge in [0.15, 0.2) is 0 Å². The Morgan fingerprint density at radius 1 is 1.38 bits per heavy atom. The van der Waals surface area contributed by atoms with E-state index in [1.165, 1.54) is 12.1 Å². The number of alkyl halides is 3. The highest BCUT2D eigenvalue weighted by Gasteiger charge is 2.29. The average Bonchev–Trinajstić information content (AvgIpc) is 2.40. The van der Waals surface area contributed by atoms with Gasteiger partial charge in [-0.15, -0.1) is 0 Å². The van der Waals surface area contributed by atoms with Crippen molar-refractivity contribution in [1.29, 1.82) is 0 Å². The summed E-state index contributed by atoms with van der Waals surface area (Å²) in [6.45, 7) is 4.65. The van der Waals surface area contributed by atoms with Crippen molar-refractivity contribution in [2.45, 2.75) is 29.5 Å². The van der Waals surface area contributed by atoms with Crippen LogP contribution in [-0.2, 0) is 4.74 Å². The fourth-order valence-corrected chi connectivity index (χ4v) is 3.06. The van der Waals surface area contributed by atoms with Gasteiger partial charge < -0.3 is 10.5 Å². The molecule has 0 aromatic heterocycles. The normalized spacial score (nSPS) is 22.2. The third kappa shape index (κ3) is 4.88. The molecule has 2 unspecified atom stereocenters. The second kappa shape index (κ2) is 7.00. The summed E-state index contributed by atoms with van der Waals surface area (Å²) >= 11 is -0.100. The molecule has 1 aromatic rings. The average molecular weight is 320 g/mol. The van der Waals surface area contributed by atoms with Crippen LogP contribution in [0.25, 0.3) is 0 Å². The number of benzene rings is 1. The monoisotopic (exact) mass is 320 g/mol. The highest BCUT2D eigenvalue weighted by Crippen LogP contribution is 2.37. The second-order valence-corrected chi connectivity index (χ2v) is 6.18. The third-order valence-electron chi connectivity index (χ3n) is 3.43. The maximum Gasteiger partial charge on any atom is 0.446 e. The van der Waals surface area contributed by atoms with E-state index in [-0.39, 0.29) is 28.8 Å². The van der Waals surface area contributed by atoms with Crippen molar-refractivity contribution in [1.82, 2.24) is 4.90 Å². The van der Waals surface area contributed by atoms with Gasteiger partial charge in [-0.2, -0.15) is 13.2 Å². The van der Waals surface area contributed by atoms with E-state index in [2.05, 4.69) is 4.90 Å². The number of nitrogens with two attached hydrogens (primary N) is 1. The molecule has 1 aliphatic rings. The molecule has 0 amide bonds. The number of rotatable bonds is 4. The molecule has 21 heavy (non-hydrogen) atoms. The molecule has 7 heteroatoms. The first-order valence-electron chi connectivity index (χ1n) is 6.80. The standard InChI is InChI=1S/C14H19F3N2OS/c1-10-9-19(6-7-20-10)13(8-18)11-2-4-12(5-3-11)21-14(15,16)17/h2-5,10,13H,6-9,18H2,1H3. The second-order valence-electron chi connectivity index (χ2n) is 5.04. The van der Waals surface area contributed by atoms with Crippen LogP contribution in [0.5, 0.6) is 0 Å². The Labute approximate surface area is 126 Å². The molecule has 1 saturated heterocycles. The van der Waals surface area contributed by atoms with Crippen LogP contribution in [0.1, 0.15) is 18.5 Å². The Hall–Kier alpha value is -0.760. The number of hydrogen-bond acceptors (Lipinski definition) is 4. The molecule has 2 N–H and O–H groups in total. The van der Waals surface area contributed by atoms with Crippen molar-refractivity contribution in [3.05, 3.63) is 29.8 Å². The highest BCUT2D eigenvalue weighted by atomic mass is 32.2. The van der Waals surface area contributed by atoms with Crippen molar-refractivity contribution < 1.29 is 17.9 Å². The van der Waals surface area contributed by atoms with E-state index >= 15 is 0 Å². The predicted molar refractivity (Wildman–Crippen MR) is 77.1 cm³/mol. The minimum Gasteiger partial charge on any atom is -0.376 e. The number of hydrogen-bond donors (Lipinski definition) is 1. The number of thioether (sulfide) groups is 1. The van der Waals surface area contributed by atoms with E-state index in [0.717, 1.165) is 18.7 Å². The van der Waals surface area contributed by atoms with Crippen molar-refractivity contribution in [2.24, 2.45) is 5.73 Å². The highest BCUT2D eigenvalue weighted by molar-refractivity contribution is 8.00. The predicted octanol–water partition coefficient (Wildman–Crippen LogP) is 3.02. The first-order valence-corrected chi connectivity index (χ1v) is 7.62. The zero-order valence-corrected chi connectivity index (χ0v) is 12.6. The van der Waals surface area contributed by atoms with Crippen molar-refractivity contribution in [2.75, 3.05) is 26.2 Å². The van der Waals surface area contributed by atoms with Gasteiger partial charge in [-0.25, -0.2) is 0 Å². The fourth-order valence-electron chi connectivity index (χ4n) is 2.52. The van der Waals surface area contributed by atoms with Crippen LogP contribution in [0.4, 0.5) is 13.2 Å². The maximum atomic E-state index is 12.3. The lowest BCUT2D eigenvalue weighted by Crippen LogP contribution is -2.45. The van der Waals surface area contributed by atoms with E-state index in [4.69, 9.17) is 10.5 Å². The third-order valence-corrected chi connectivity index (χ3v) is 4.17. The zero-order chi connectivity index (χ0) is 15.5. The first kappa shape index (κ1) is 16.6. The summed E-state index contributed by atoms with van der Waals surface area (Å²) in [4.78, 5) is 2.41. The molecule has 0 spiro atoms. The Kier molecular flexibility index (Phi) is 5.54. The van der Waals surface area contributed by atoms with Gasteiger partial charge in [0.25, 0.3) is 0 Å². The summed E-state index contributed by atoms with van der Waals surface area (Å²) in [7, 11) is 0. The van der Waals surface area contributed by atoms with Crippen LogP contribution in [-0.4, -0.2) is 42.8 Å². The zero-order valence-electron chi connectivity index (χ0n) is 11.8. The Bertz CT molecular complexity index is 453. The SMILES string of the molecule is CC1CN(C(CN)c2ccc(SC(F)(F)F)cc2)CCO1. The topological polar surface area (TPSA) is 38.5 Å². The summed E-state index contributed by atoms with van der Waals surface area (Å²) in [6, 6.07) is 6.47. The molecule has 2 rings (SSSR count). The van der Waals surface area contributed by atoms with Gasteiger partial charge in [-0.1, -0.05) is 12.1 Å². The van der Waals surface area contributed by atoms with E-state index in [9.17, 15) is 13.2 Å². The summed E-state index contributed by atoms with van der Waals surface area (Å²) in [6.07, 6.45) is 0.146. The van der Waals surface area contributed by atoms with Gasteiger partial charge >= 0.3 is 5.51 Å². The molecule has 118 valence electrons. The van der Waals surface area contributed by atoms with Crippen molar-refractivity contribution in [3.63, 3.8) is 0 Å². The fraction of sp³-hybridized carbons (Fsp3) is 0.571. The molecule has 1 aliphatic heterocycles. The molecule has 3 nitrogen and oxygen atoms in total. The lowest BCUT2D eigenvalue weighted by atomic mass is 10.0. The Morgan fingerprint density at radius 2 is 2.05 bits per heavy atom. The largest absolute Gasteiger partial charge is 0.446 e. The van der Waals surface area contributed by atoms with E-state index in [1.54, 1.807) is 12.1 Å². The molecule has 2 atom stereocenters. The minimum absolute atomic E-state index is 0.0151. The summed E-state index contributed by atoms with van der Waals surface area (Å²) in [5, 5.41) is 0. The van der Waals surface area contributed by atoms with Gasteiger partial charge in [0.1, 0.15) is 0 Å². The molecule has 1 fully saturated rings. The smallest absolute Gasteiger partial charge is 0.376 e. The van der Waals surface area contributed by atoms with E-state index in [0.29, 0.717) is 13.2 Å². The molecular formula is C14H19F3N2OS. The van der Waals surface area contributed by atoms with E-state index in [1.807, 2.05) is 6.92 Å². The van der Waals surface area contributed by atoms with E-state index < -0.39 is 5.51 Å². The lowest BCUT2D eigenvalue weighted by Gasteiger charge is -2.37. The summed E-state index contributed by atoms with van der Waals surface area (Å²) < 4.78 is 42.5. The number of nitrogens with zero attached hydrogens (tertiary/aromatic N) is 1. The summed E-state index contributed by atoms with van der Waals surface area (Å²) in [5.41, 5.74) is 2.54. The lowest BCUT2D eigenvalue weighted by molar-refractivity contribution is -0.0336. The van der Waals surface area contributed by atoms with Gasteiger partial charge in [0, 0.05) is 30.6 Å². The van der Waals surface area contributed by atoms with Crippen LogP contribution in [0.15, 0.2) is 29.2 Å². The molecule has 0 radical (unpaired) electrons. The van der Waals surface area contributed by atoms with Crippen LogP contribution in [0.2, 0.25) is 0 Å². The quantitative estimate of drug-likeness (QED) is 0.866. The molecule has 0 saturated carbocycles. The first-order chi connectivity index (χ1) is 9.89. The molecule has 0 bridgehead atoms. The van der Waals surface area contributed by atoms with Gasteiger partial charge in [0.2, 0.25) is 0 Å². The molecule has 1 heterocycles. The van der Waals surface area contributed by atoms with Crippen LogP contribution >= 0.6 is 11.8 Å². The van der Waals surface area contributed by atoms with Crippen LogP contribution in [0.3, 0.4) is 0 Å². The minimum atomic E-state index is -4.26. The number of morpholine rings is 1. The van der Waals surface area contributed by atoms with Crippen LogP contribution in [0, 0.1) is 0 Å². The van der Waals surface area contributed by atoms with Crippen molar-refractivity contribution in [3.8, 4) is 0 Å². The number of halogens is 3. The summed E-state index contributed by atoms with van der Waals surface area (Å²) in [5.74, 6) is 0.